The SMILES string of the molecule is CCC1CC(c2ccc(C3=CCN(C)CC3)cc2)=NO1. The van der Waals surface area contributed by atoms with E-state index < -0.39 is 0 Å². The average Bonchev–Trinajstić information content (AvgIpc) is 2.97. The van der Waals surface area contributed by atoms with E-state index in [0.29, 0.717) is 0 Å². The van der Waals surface area contributed by atoms with Gasteiger partial charge in [-0.05, 0) is 36.6 Å². The number of likely N-dealkylation sites (N-methyl/N-ethyl adjacent to an activating group) is 1. The number of benzene rings is 1. The quantitative estimate of drug-likeness (QED) is 0.841. The lowest BCUT2D eigenvalue weighted by molar-refractivity contribution is 0.0829. The van der Waals surface area contributed by atoms with E-state index in [4.69, 9.17) is 4.84 Å². The van der Waals surface area contributed by atoms with E-state index in [1.165, 1.54) is 16.7 Å². The van der Waals surface area contributed by atoms with Crippen LogP contribution in [-0.4, -0.2) is 36.9 Å². The lowest BCUT2D eigenvalue weighted by Gasteiger charge is -2.22. The Morgan fingerprint density at radius 3 is 2.60 bits per heavy atom. The fourth-order valence-electron chi connectivity index (χ4n) is 2.73. The van der Waals surface area contributed by atoms with Crippen LogP contribution >= 0.6 is 0 Å². The summed E-state index contributed by atoms with van der Waals surface area (Å²) in [5, 5.41) is 4.21. The monoisotopic (exact) mass is 270 g/mol. The Kier molecular flexibility index (Phi) is 3.88. The van der Waals surface area contributed by atoms with Gasteiger partial charge < -0.3 is 9.74 Å². The minimum absolute atomic E-state index is 0.265. The maximum Gasteiger partial charge on any atom is 0.133 e. The first kappa shape index (κ1) is 13.4. The summed E-state index contributed by atoms with van der Waals surface area (Å²) in [7, 11) is 2.17. The van der Waals surface area contributed by atoms with Crippen LogP contribution in [0.1, 0.15) is 37.3 Å². The first-order chi connectivity index (χ1) is 9.76. The molecule has 1 atom stereocenters. The number of nitrogens with zero attached hydrogens (tertiary/aromatic N) is 2. The normalized spacial score (nSPS) is 23.2. The molecule has 3 rings (SSSR count). The van der Waals surface area contributed by atoms with Crippen molar-refractivity contribution in [2.75, 3.05) is 20.1 Å². The molecule has 0 fully saturated rings. The zero-order chi connectivity index (χ0) is 13.9. The van der Waals surface area contributed by atoms with E-state index in [2.05, 4.69) is 54.4 Å². The molecule has 1 aromatic rings. The molecule has 0 amide bonds. The molecule has 0 saturated carbocycles. The van der Waals surface area contributed by atoms with Crippen LogP contribution in [0.15, 0.2) is 35.5 Å². The summed E-state index contributed by atoms with van der Waals surface area (Å²) in [6.45, 7) is 4.33. The van der Waals surface area contributed by atoms with E-state index in [1.807, 2.05) is 0 Å². The van der Waals surface area contributed by atoms with Crippen LogP contribution in [-0.2, 0) is 4.84 Å². The van der Waals surface area contributed by atoms with Gasteiger partial charge in [-0.15, -0.1) is 0 Å². The van der Waals surface area contributed by atoms with E-state index in [0.717, 1.165) is 38.1 Å². The van der Waals surface area contributed by atoms with Crippen molar-refractivity contribution in [3.05, 3.63) is 41.5 Å². The van der Waals surface area contributed by atoms with Crippen LogP contribution in [0.4, 0.5) is 0 Å². The van der Waals surface area contributed by atoms with Gasteiger partial charge in [0.15, 0.2) is 0 Å². The summed E-state index contributed by atoms with van der Waals surface area (Å²) in [5.74, 6) is 0. The number of rotatable bonds is 3. The van der Waals surface area contributed by atoms with Crippen molar-refractivity contribution in [2.24, 2.45) is 5.16 Å². The first-order valence-corrected chi connectivity index (χ1v) is 7.47. The lowest BCUT2D eigenvalue weighted by atomic mass is 9.96. The molecule has 0 saturated heterocycles. The van der Waals surface area contributed by atoms with E-state index >= 15 is 0 Å². The third kappa shape index (κ3) is 2.78. The van der Waals surface area contributed by atoms with E-state index in [-0.39, 0.29) is 6.10 Å². The second kappa shape index (κ2) is 5.80. The van der Waals surface area contributed by atoms with Crippen LogP contribution in [0.2, 0.25) is 0 Å². The van der Waals surface area contributed by atoms with Crippen molar-refractivity contribution < 1.29 is 4.84 Å². The molecule has 106 valence electrons. The van der Waals surface area contributed by atoms with Crippen molar-refractivity contribution in [3.8, 4) is 0 Å². The summed E-state index contributed by atoms with van der Waals surface area (Å²) in [6, 6.07) is 8.78. The first-order valence-electron chi connectivity index (χ1n) is 7.47. The molecule has 2 aliphatic rings. The average molecular weight is 270 g/mol. The number of hydrogen-bond donors (Lipinski definition) is 0. The minimum Gasteiger partial charge on any atom is -0.392 e. The third-order valence-corrected chi connectivity index (χ3v) is 4.19. The molecule has 0 N–H and O–H groups in total. The van der Waals surface area contributed by atoms with Crippen LogP contribution in [0.25, 0.3) is 5.57 Å². The summed E-state index contributed by atoms with van der Waals surface area (Å²) in [6.07, 6.45) is 5.69. The molecule has 0 aromatic heterocycles. The van der Waals surface area contributed by atoms with Crippen molar-refractivity contribution in [1.82, 2.24) is 4.90 Å². The fourth-order valence-corrected chi connectivity index (χ4v) is 2.73. The van der Waals surface area contributed by atoms with Crippen LogP contribution < -0.4 is 0 Å². The second-order valence-electron chi connectivity index (χ2n) is 5.70. The van der Waals surface area contributed by atoms with Gasteiger partial charge in [-0.2, -0.15) is 0 Å². The van der Waals surface area contributed by atoms with Crippen LogP contribution in [0.3, 0.4) is 0 Å². The van der Waals surface area contributed by atoms with Crippen molar-refractivity contribution in [1.29, 1.82) is 0 Å². The van der Waals surface area contributed by atoms with Gasteiger partial charge in [0.05, 0.1) is 5.71 Å². The fraction of sp³-hybridized carbons (Fsp3) is 0.471. The summed E-state index contributed by atoms with van der Waals surface area (Å²) in [4.78, 5) is 7.74. The molecular weight excluding hydrogens is 248 g/mol. The van der Waals surface area contributed by atoms with Crippen molar-refractivity contribution in [2.45, 2.75) is 32.3 Å². The van der Waals surface area contributed by atoms with Gasteiger partial charge in [0, 0.05) is 19.5 Å². The number of hydrogen-bond acceptors (Lipinski definition) is 3. The lowest BCUT2D eigenvalue weighted by Crippen LogP contribution is -2.23. The summed E-state index contributed by atoms with van der Waals surface area (Å²) < 4.78 is 0. The van der Waals surface area contributed by atoms with E-state index in [1.54, 1.807) is 0 Å². The highest BCUT2D eigenvalue weighted by atomic mass is 16.6. The highest BCUT2D eigenvalue weighted by Gasteiger charge is 2.20. The topological polar surface area (TPSA) is 24.8 Å². The zero-order valence-corrected chi connectivity index (χ0v) is 12.3. The van der Waals surface area contributed by atoms with Crippen molar-refractivity contribution in [3.63, 3.8) is 0 Å². The molecule has 2 heterocycles. The molecule has 1 aromatic carbocycles. The highest BCUT2D eigenvalue weighted by Crippen LogP contribution is 2.24. The Bertz CT molecular complexity index is 530. The largest absolute Gasteiger partial charge is 0.392 e. The smallest absolute Gasteiger partial charge is 0.133 e. The van der Waals surface area contributed by atoms with Crippen LogP contribution in [0, 0.1) is 0 Å². The Labute approximate surface area is 120 Å². The van der Waals surface area contributed by atoms with Gasteiger partial charge >= 0.3 is 0 Å². The minimum atomic E-state index is 0.265. The van der Waals surface area contributed by atoms with Gasteiger partial charge in [-0.1, -0.05) is 42.4 Å². The maximum absolute atomic E-state index is 5.40. The predicted octanol–water partition coefficient (Wildman–Crippen LogP) is 3.31. The molecule has 1 unspecified atom stereocenters. The molecule has 3 nitrogen and oxygen atoms in total. The van der Waals surface area contributed by atoms with Gasteiger partial charge in [0.2, 0.25) is 0 Å². The Morgan fingerprint density at radius 2 is 2.00 bits per heavy atom. The molecule has 3 heteroatoms. The van der Waals surface area contributed by atoms with Gasteiger partial charge in [0.1, 0.15) is 6.10 Å². The van der Waals surface area contributed by atoms with Gasteiger partial charge in [0.25, 0.3) is 0 Å². The molecule has 0 radical (unpaired) electrons. The standard InChI is InChI=1S/C17H22N2O/c1-3-16-12-17(18-20-16)15-6-4-13(5-7-15)14-8-10-19(2)11-9-14/h4-8,16H,3,9-12H2,1-2H3. The van der Waals surface area contributed by atoms with E-state index in [9.17, 15) is 0 Å². The zero-order valence-electron chi connectivity index (χ0n) is 12.3. The highest BCUT2D eigenvalue weighted by molar-refractivity contribution is 6.01. The molecule has 0 bridgehead atoms. The second-order valence-corrected chi connectivity index (χ2v) is 5.70. The Hall–Kier alpha value is -1.61. The Balaban J connectivity index is 1.72. The molecule has 0 spiro atoms. The maximum atomic E-state index is 5.40. The Morgan fingerprint density at radius 1 is 1.25 bits per heavy atom. The van der Waals surface area contributed by atoms with Gasteiger partial charge in [-0.3, -0.25) is 0 Å². The van der Waals surface area contributed by atoms with Crippen LogP contribution in [0.5, 0.6) is 0 Å². The number of oxime groups is 1. The molecule has 0 aliphatic carbocycles. The summed E-state index contributed by atoms with van der Waals surface area (Å²) in [5.41, 5.74) is 5.08. The molecule has 2 aliphatic heterocycles. The predicted molar refractivity (Wildman–Crippen MR) is 82.9 cm³/mol. The molecule has 20 heavy (non-hydrogen) atoms. The molecular formula is C17H22N2O. The van der Waals surface area contributed by atoms with Gasteiger partial charge in [-0.25, -0.2) is 0 Å². The summed E-state index contributed by atoms with van der Waals surface area (Å²) >= 11 is 0. The van der Waals surface area contributed by atoms with Crippen molar-refractivity contribution >= 4 is 11.3 Å². The third-order valence-electron chi connectivity index (χ3n) is 4.19.